The van der Waals surface area contributed by atoms with Gasteiger partial charge in [0.05, 0.1) is 13.2 Å². The van der Waals surface area contributed by atoms with Crippen LogP contribution in [0.15, 0.2) is 72.8 Å². The van der Waals surface area contributed by atoms with Crippen molar-refractivity contribution in [3.8, 4) is 39.9 Å². The van der Waals surface area contributed by atoms with Crippen molar-refractivity contribution in [3.63, 3.8) is 0 Å². The Bertz CT molecular complexity index is 1410. The minimum atomic E-state index is -0.205. The largest absolute Gasteiger partial charge is 0.496 e. The second kappa shape index (κ2) is 11.4. The maximum atomic E-state index is 14.2. The van der Waals surface area contributed by atoms with Gasteiger partial charge in [-0.2, -0.15) is 0 Å². The molecule has 196 valence electrons. The van der Waals surface area contributed by atoms with Gasteiger partial charge in [0, 0.05) is 23.2 Å². The lowest BCUT2D eigenvalue weighted by molar-refractivity contribution is 0.0925. The first-order chi connectivity index (χ1) is 18.6. The Morgan fingerprint density at radius 2 is 1.76 bits per heavy atom. The van der Waals surface area contributed by atoms with E-state index in [0.717, 1.165) is 47.5 Å². The first-order valence-electron chi connectivity index (χ1n) is 13.1. The molecule has 38 heavy (non-hydrogen) atoms. The molecule has 1 aliphatic rings. The van der Waals surface area contributed by atoms with Gasteiger partial charge in [0.2, 0.25) is 6.79 Å². The van der Waals surface area contributed by atoms with Gasteiger partial charge in [-0.25, -0.2) is 4.98 Å². The van der Waals surface area contributed by atoms with Crippen LogP contribution < -0.4 is 19.5 Å². The van der Waals surface area contributed by atoms with Crippen LogP contribution in [0.3, 0.4) is 0 Å². The number of ether oxygens (including phenoxy) is 3. The number of fused-ring (bicyclic) bond motifs is 1. The van der Waals surface area contributed by atoms with E-state index in [1.54, 1.807) is 7.11 Å². The molecular weight excluding hydrogens is 478 g/mol. The molecule has 1 aliphatic heterocycles. The summed E-state index contributed by atoms with van der Waals surface area (Å²) < 4.78 is 18.8. The van der Waals surface area contributed by atoms with E-state index in [-0.39, 0.29) is 18.7 Å². The fourth-order valence-electron chi connectivity index (χ4n) is 4.94. The first-order valence-corrected chi connectivity index (χ1v) is 13.1. The third-order valence-electron chi connectivity index (χ3n) is 6.84. The van der Waals surface area contributed by atoms with E-state index >= 15 is 0 Å². The summed E-state index contributed by atoms with van der Waals surface area (Å²) in [5, 5.41) is 3.33. The number of hydrogen-bond acceptors (Lipinski definition) is 5. The van der Waals surface area contributed by atoms with E-state index in [1.807, 2.05) is 84.3 Å². The Labute approximate surface area is 223 Å². The highest BCUT2D eigenvalue weighted by molar-refractivity contribution is 6.00. The lowest BCUT2D eigenvalue weighted by Gasteiger charge is -2.22. The number of benzene rings is 3. The molecule has 0 saturated heterocycles. The fraction of sp³-hybridized carbons (Fsp3) is 0.290. The van der Waals surface area contributed by atoms with Gasteiger partial charge in [0.1, 0.15) is 23.0 Å². The van der Waals surface area contributed by atoms with Gasteiger partial charge in [-0.1, -0.05) is 68.3 Å². The van der Waals surface area contributed by atoms with Crippen molar-refractivity contribution in [3.05, 3.63) is 84.1 Å². The monoisotopic (exact) mass is 511 g/mol. The van der Waals surface area contributed by atoms with Crippen LogP contribution in [0.2, 0.25) is 0 Å². The molecule has 0 saturated carbocycles. The predicted octanol–water partition coefficient (Wildman–Crippen LogP) is 6.64. The highest BCUT2D eigenvalue weighted by Gasteiger charge is 2.28. The van der Waals surface area contributed by atoms with Crippen molar-refractivity contribution in [2.75, 3.05) is 13.9 Å². The molecule has 1 unspecified atom stereocenters. The van der Waals surface area contributed by atoms with Crippen molar-refractivity contribution in [1.29, 1.82) is 0 Å². The van der Waals surface area contributed by atoms with Gasteiger partial charge < -0.3 is 24.1 Å². The average molecular weight is 512 g/mol. The normalized spacial score (nSPS) is 12.8. The molecule has 1 aromatic heterocycles. The minimum absolute atomic E-state index is 0.179. The Hall–Kier alpha value is -4.26. The second-order valence-corrected chi connectivity index (χ2v) is 9.22. The van der Waals surface area contributed by atoms with E-state index in [2.05, 4.69) is 12.2 Å². The summed E-state index contributed by atoms with van der Waals surface area (Å²) in [6, 6.07) is 23.3. The Balaban J connectivity index is 1.61. The molecule has 7 heteroatoms. The molecule has 0 fully saturated rings. The van der Waals surface area contributed by atoms with Crippen molar-refractivity contribution in [1.82, 2.24) is 14.9 Å². The van der Waals surface area contributed by atoms with Crippen LogP contribution in [0.1, 0.15) is 55.2 Å². The number of rotatable bonds is 10. The highest BCUT2D eigenvalue weighted by Crippen LogP contribution is 2.38. The number of methoxy groups -OCH3 is 1. The Morgan fingerprint density at radius 3 is 2.53 bits per heavy atom. The van der Waals surface area contributed by atoms with Crippen LogP contribution in [0, 0.1) is 0 Å². The summed E-state index contributed by atoms with van der Waals surface area (Å²) in [4.78, 5) is 19.2. The lowest BCUT2D eigenvalue weighted by atomic mass is 9.99. The Kier molecular flexibility index (Phi) is 7.63. The minimum Gasteiger partial charge on any atom is -0.496 e. The van der Waals surface area contributed by atoms with Gasteiger partial charge in [0.25, 0.3) is 5.91 Å². The van der Waals surface area contributed by atoms with Gasteiger partial charge in [0.15, 0.2) is 11.5 Å². The molecule has 2 heterocycles. The zero-order valence-electron chi connectivity index (χ0n) is 22.1. The average Bonchev–Trinajstić information content (AvgIpc) is 3.60. The van der Waals surface area contributed by atoms with Gasteiger partial charge >= 0.3 is 0 Å². The molecule has 1 N–H and O–H groups in total. The molecule has 0 spiro atoms. The quantitative estimate of drug-likeness (QED) is 0.258. The lowest BCUT2D eigenvalue weighted by Crippen LogP contribution is -2.31. The van der Waals surface area contributed by atoms with Crippen molar-refractivity contribution < 1.29 is 19.0 Å². The highest BCUT2D eigenvalue weighted by atomic mass is 16.7. The van der Waals surface area contributed by atoms with Crippen molar-refractivity contribution in [2.24, 2.45) is 0 Å². The van der Waals surface area contributed by atoms with Crippen LogP contribution >= 0.6 is 0 Å². The summed E-state index contributed by atoms with van der Waals surface area (Å²) in [6.45, 7) is 4.95. The van der Waals surface area contributed by atoms with E-state index in [4.69, 9.17) is 19.2 Å². The van der Waals surface area contributed by atoms with Crippen LogP contribution in [-0.4, -0.2) is 29.4 Å². The molecule has 1 amide bonds. The molecule has 0 radical (unpaired) electrons. The number of para-hydroxylation sites is 1. The number of unbranched alkanes of at least 4 members (excludes halogenated alkanes) is 1. The molecule has 7 nitrogen and oxygen atoms in total. The first kappa shape index (κ1) is 25.4. The maximum Gasteiger partial charge on any atom is 0.270 e. The Morgan fingerprint density at radius 1 is 1.00 bits per heavy atom. The SMILES string of the molecule is CCCCC(NC(=O)c1c(-c2ccc3c(c2)OCO3)nc(-c2ccccc2)n1CC)c1ccccc1OC. The zero-order valence-corrected chi connectivity index (χ0v) is 22.1. The predicted molar refractivity (Wildman–Crippen MR) is 148 cm³/mol. The molecule has 0 aliphatic carbocycles. The van der Waals surface area contributed by atoms with E-state index in [0.29, 0.717) is 29.4 Å². The third kappa shape index (κ3) is 4.96. The van der Waals surface area contributed by atoms with E-state index in [1.165, 1.54) is 0 Å². The summed E-state index contributed by atoms with van der Waals surface area (Å²) in [7, 11) is 1.66. The number of carbonyl (C=O) groups is 1. The number of imidazole rings is 1. The van der Waals surface area contributed by atoms with Gasteiger partial charge in [-0.05, 0) is 37.6 Å². The summed E-state index contributed by atoms with van der Waals surface area (Å²) in [5.74, 6) is 2.66. The number of aromatic nitrogens is 2. The number of carbonyl (C=O) groups excluding carboxylic acids is 1. The molecular formula is C31H33N3O4. The number of nitrogens with zero attached hydrogens (tertiary/aromatic N) is 2. The van der Waals surface area contributed by atoms with E-state index in [9.17, 15) is 4.79 Å². The molecule has 1 atom stereocenters. The summed E-state index contributed by atoms with van der Waals surface area (Å²) in [6.07, 6.45) is 2.79. The zero-order chi connectivity index (χ0) is 26.5. The van der Waals surface area contributed by atoms with Gasteiger partial charge in [-0.3, -0.25) is 4.79 Å². The van der Waals surface area contributed by atoms with Crippen LogP contribution in [0.25, 0.3) is 22.6 Å². The second-order valence-electron chi connectivity index (χ2n) is 9.22. The van der Waals surface area contributed by atoms with Crippen LogP contribution in [0.4, 0.5) is 0 Å². The summed E-state index contributed by atoms with van der Waals surface area (Å²) >= 11 is 0. The smallest absolute Gasteiger partial charge is 0.270 e. The topological polar surface area (TPSA) is 74.6 Å². The maximum absolute atomic E-state index is 14.2. The molecule has 0 bridgehead atoms. The summed E-state index contributed by atoms with van der Waals surface area (Å²) in [5.41, 5.74) is 3.83. The molecule has 4 aromatic rings. The van der Waals surface area contributed by atoms with Crippen molar-refractivity contribution in [2.45, 2.75) is 45.7 Å². The van der Waals surface area contributed by atoms with Crippen LogP contribution in [0.5, 0.6) is 17.2 Å². The third-order valence-corrected chi connectivity index (χ3v) is 6.84. The number of amides is 1. The van der Waals surface area contributed by atoms with E-state index < -0.39 is 0 Å². The van der Waals surface area contributed by atoms with Gasteiger partial charge in [-0.15, -0.1) is 0 Å². The van der Waals surface area contributed by atoms with Crippen molar-refractivity contribution >= 4 is 5.91 Å². The molecule has 3 aromatic carbocycles. The fourth-order valence-corrected chi connectivity index (χ4v) is 4.94. The number of hydrogen-bond donors (Lipinski definition) is 1. The van der Waals surface area contributed by atoms with Crippen LogP contribution in [-0.2, 0) is 6.54 Å². The molecule has 5 rings (SSSR count). The standard InChI is InChI=1S/C31H33N3O4/c1-4-6-15-24(23-14-10-11-16-25(23)36-3)32-31(35)29-28(22-17-18-26-27(19-22)38-20-37-26)33-30(34(29)5-2)21-12-8-7-9-13-21/h7-14,16-19,24H,4-6,15,20H2,1-3H3,(H,32,35). The number of nitrogens with one attached hydrogen (secondary N) is 1.